The zero-order chi connectivity index (χ0) is 10.8. The second kappa shape index (κ2) is 4.52. The van der Waals surface area contributed by atoms with Crippen LogP contribution in [0.5, 0.6) is 0 Å². The molecule has 0 atom stereocenters. The van der Waals surface area contributed by atoms with E-state index in [2.05, 4.69) is 30.8 Å². The van der Waals surface area contributed by atoms with Gasteiger partial charge in [0.15, 0.2) is 0 Å². The maximum absolute atomic E-state index is 4.77. The maximum atomic E-state index is 4.77. The van der Waals surface area contributed by atoms with Crippen LogP contribution in [0.3, 0.4) is 0 Å². The number of rotatable bonds is 2. The van der Waals surface area contributed by atoms with Gasteiger partial charge < -0.3 is 4.90 Å². The van der Waals surface area contributed by atoms with Crippen molar-refractivity contribution in [3.8, 4) is 0 Å². The van der Waals surface area contributed by atoms with Gasteiger partial charge in [-0.05, 0) is 38.9 Å². The van der Waals surface area contributed by atoms with Crippen molar-refractivity contribution in [2.45, 2.75) is 39.2 Å². The van der Waals surface area contributed by atoms with Crippen LogP contribution >= 0.6 is 0 Å². The van der Waals surface area contributed by atoms with E-state index in [1.807, 2.05) is 0 Å². The van der Waals surface area contributed by atoms with Crippen LogP contribution in [0.2, 0.25) is 0 Å². The Morgan fingerprint density at radius 1 is 1.20 bits per heavy atom. The fourth-order valence-corrected chi connectivity index (χ4v) is 2.46. The lowest BCUT2D eigenvalue weighted by molar-refractivity contribution is 0.135. The van der Waals surface area contributed by atoms with E-state index in [4.69, 9.17) is 5.10 Å². The molecule has 0 spiro atoms. The normalized spacial score (nSPS) is 25.1. The molecule has 0 aromatic carbocycles. The summed E-state index contributed by atoms with van der Waals surface area (Å²) in [4.78, 5) is 2.42. The van der Waals surface area contributed by atoms with Crippen LogP contribution in [0.1, 0.15) is 33.1 Å². The quantitative estimate of drug-likeness (QED) is 0.690. The summed E-state index contributed by atoms with van der Waals surface area (Å²) in [5, 5.41) is 7.12. The number of hydrogen-bond donors (Lipinski definition) is 0. The molecule has 1 fully saturated rings. The third-order valence-electron chi connectivity index (χ3n) is 3.63. The van der Waals surface area contributed by atoms with Crippen LogP contribution in [-0.4, -0.2) is 48.3 Å². The fourth-order valence-electron chi connectivity index (χ4n) is 2.46. The van der Waals surface area contributed by atoms with E-state index in [0.717, 1.165) is 6.54 Å². The largest absolute Gasteiger partial charge is 0.306 e. The third kappa shape index (κ3) is 2.51. The summed E-state index contributed by atoms with van der Waals surface area (Å²) in [6, 6.07) is 0.706. The first-order valence-electron chi connectivity index (χ1n) is 6.19. The van der Waals surface area contributed by atoms with Crippen molar-refractivity contribution in [1.29, 1.82) is 0 Å². The molecule has 0 aliphatic carbocycles. The van der Waals surface area contributed by atoms with Crippen molar-refractivity contribution in [3.63, 3.8) is 0 Å². The molecule has 0 aromatic rings. The van der Waals surface area contributed by atoms with Crippen molar-refractivity contribution in [2.75, 3.05) is 26.7 Å². The second-order valence-electron chi connectivity index (χ2n) is 5.19. The molecule has 0 bridgehead atoms. The van der Waals surface area contributed by atoms with Crippen LogP contribution in [0.4, 0.5) is 0 Å². The summed E-state index contributed by atoms with van der Waals surface area (Å²) < 4.78 is 0. The molecule has 0 unspecified atom stereocenters. The molecular formula is C12H23N3. The van der Waals surface area contributed by atoms with Crippen LogP contribution in [-0.2, 0) is 0 Å². The van der Waals surface area contributed by atoms with Gasteiger partial charge in [0.2, 0.25) is 0 Å². The van der Waals surface area contributed by atoms with Gasteiger partial charge in [0.25, 0.3) is 0 Å². The molecule has 86 valence electrons. The first kappa shape index (κ1) is 10.9. The van der Waals surface area contributed by atoms with E-state index >= 15 is 0 Å². The highest BCUT2D eigenvalue weighted by molar-refractivity contribution is 5.87. The minimum atomic E-state index is 0.626. The lowest BCUT2D eigenvalue weighted by atomic mass is 10.0. The highest BCUT2D eigenvalue weighted by Crippen LogP contribution is 2.21. The number of likely N-dealkylation sites (tertiary alicyclic amines) is 1. The van der Waals surface area contributed by atoms with Crippen molar-refractivity contribution in [2.24, 2.45) is 11.0 Å². The molecule has 2 aliphatic rings. The van der Waals surface area contributed by atoms with Crippen molar-refractivity contribution in [3.05, 3.63) is 0 Å². The van der Waals surface area contributed by atoms with E-state index in [9.17, 15) is 0 Å². The molecule has 1 saturated heterocycles. The summed E-state index contributed by atoms with van der Waals surface area (Å²) in [5.74, 6) is 0.626. The van der Waals surface area contributed by atoms with Gasteiger partial charge in [-0.1, -0.05) is 13.8 Å². The average Bonchev–Trinajstić information content (AvgIpc) is 2.68. The molecule has 3 nitrogen and oxygen atoms in total. The molecule has 2 heterocycles. The zero-order valence-electron chi connectivity index (χ0n) is 10.2. The van der Waals surface area contributed by atoms with Gasteiger partial charge in [-0.2, -0.15) is 5.10 Å². The average molecular weight is 209 g/mol. The summed E-state index contributed by atoms with van der Waals surface area (Å²) >= 11 is 0. The molecule has 3 heteroatoms. The Kier molecular flexibility index (Phi) is 3.29. The molecular weight excluding hydrogens is 186 g/mol. The second-order valence-corrected chi connectivity index (χ2v) is 5.19. The molecule has 0 radical (unpaired) electrons. The van der Waals surface area contributed by atoms with Crippen molar-refractivity contribution < 1.29 is 0 Å². The Balaban J connectivity index is 1.90. The van der Waals surface area contributed by atoms with Crippen molar-refractivity contribution >= 4 is 5.71 Å². The van der Waals surface area contributed by atoms with Gasteiger partial charge in [-0.15, -0.1) is 0 Å². The first-order valence-corrected chi connectivity index (χ1v) is 6.19. The number of hydrazone groups is 1. The Morgan fingerprint density at radius 3 is 2.40 bits per heavy atom. The van der Waals surface area contributed by atoms with E-state index in [-0.39, 0.29) is 0 Å². The summed E-state index contributed by atoms with van der Waals surface area (Å²) in [7, 11) is 2.21. The minimum absolute atomic E-state index is 0.626. The highest BCUT2D eigenvalue weighted by Gasteiger charge is 2.26. The maximum Gasteiger partial charge on any atom is 0.0495 e. The first-order chi connectivity index (χ1) is 7.16. The van der Waals surface area contributed by atoms with E-state index < -0.39 is 0 Å². The fraction of sp³-hybridized carbons (Fsp3) is 0.917. The summed E-state index contributed by atoms with van der Waals surface area (Å²) in [6.45, 7) is 8.11. The molecule has 2 rings (SSSR count). The summed E-state index contributed by atoms with van der Waals surface area (Å²) in [5.41, 5.74) is 1.40. The van der Waals surface area contributed by atoms with Gasteiger partial charge >= 0.3 is 0 Å². The van der Waals surface area contributed by atoms with Gasteiger partial charge in [-0.25, -0.2) is 0 Å². The number of nitrogens with zero attached hydrogens (tertiary/aromatic N) is 3. The predicted molar refractivity (Wildman–Crippen MR) is 64.1 cm³/mol. The Labute approximate surface area is 93.1 Å². The van der Waals surface area contributed by atoms with Crippen LogP contribution < -0.4 is 0 Å². The SMILES string of the molecule is CC(C)C1=NN(C2CCN(C)CC2)CC1. The molecule has 0 N–H and O–H groups in total. The van der Waals surface area contributed by atoms with Crippen LogP contribution in [0.25, 0.3) is 0 Å². The Bertz CT molecular complexity index is 239. The lowest BCUT2D eigenvalue weighted by Gasteiger charge is -2.33. The van der Waals surface area contributed by atoms with E-state index in [1.54, 1.807) is 0 Å². The number of piperidine rings is 1. The smallest absolute Gasteiger partial charge is 0.0495 e. The van der Waals surface area contributed by atoms with Crippen LogP contribution in [0.15, 0.2) is 5.10 Å². The predicted octanol–water partition coefficient (Wildman–Crippen LogP) is 1.80. The molecule has 15 heavy (non-hydrogen) atoms. The van der Waals surface area contributed by atoms with Gasteiger partial charge in [0.05, 0.1) is 0 Å². The molecule has 2 aliphatic heterocycles. The van der Waals surface area contributed by atoms with Gasteiger partial charge in [-0.3, -0.25) is 5.01 Å². The third-order valence-corrected chi connectivity index (χ3v) is 3.63. The Hall–Kier alpha value is -0.570. The van der Waals surface area contributed by atoms with Crippen LogP contribution in [0, 0.1) is 5.92 Å². The Morgan fingerprint density at radius 2 is 1.87 bits per heavy atom. The molecule has 0 saturated carbocycles. The molecule has 0 aromatic heterocycles. The lowest BCUT2D eigenvalue weighted by Crippen LogP contribution is -2.40. The standard InChI is InChI=1S/C12H23N3/c1-10(2)12-6-9-15(13-12)11-4-7-14(3)8-5-11/h10-11H,4-9H2,1-3H3. The zero-order valence-corrected chi connectivity index (χ0v) is 10.2. The highest BCUT2D eigenvalue weighted by atomic mass is 15.5. The monoisotopic (exact) mass is 209 g/mol. The topological polar surface area (TPSA) is 18.8 Å². The molecule has 0 amide bonds. The van der Waals surface area contributed by atoms with E-state index in [1.165, 1.54) is 38.1 Å². The number of hydrogen-bond acceptors (Lipinski definition) is 3. The van der Waals surface area contributed by atoms with Crippen molar-refractivity contribution in [1.82, 2.24) is 9.91 Å². The van der Waals surface area contributed by atoms with Gasteiger partial charge in [0, 0.05) is 24.7 Å². The summed E-state index contributed by atoms with van der Waals surface area (Å²) in [6.07, 6.45) is 3.75. The van der Waals surface area contributed by atoms with E-state index in [0.29, 0.717) is 12.0 Å². The minimum Gasteiger partial charge on any atom is -0.306 e. The van der Waals surface area contributed by atoms with Gasteiger partial charge in [0.1, 0.15) is 0 Å².